The van der Waals surface area contributed by atoms with Crippen molar-refractivity contribution in [3.05, 3.63) is 35.9 Å². The van der Waals surface area contributed by atoms with E-state index in [0.717, 1.165) is 44.3 Å². The number of amides is 2. The number of nitrogens with one attached hydrogen (secondary N) is 2. The summed E-state index contributed by atoms with van der Waals surface area (Å²) in [7, 11) is 0. The number of alkyl carbamates (subject to hydrolysis) is 1. The fourth-order valence-electron chi connectivity index (χ4n) is 4.47. The van der Waals surface area contributed by atoms with Crippen LogP contribution in [0.25, 0.3) is 0 Å². The summed E-state index contributed by atoms with van der Waals surface area (Å²) in [6.07, 6.45) is 4.87. The van der Waals surface area contributed by atoms with E-state index in [9.17, 15) is 9.59 Å². The molecule has 1 aromatic rings. The number of piperazine rings is 1. The van der Waals surface area contributed by atoms with Gasteiger partial charge in [-0.05, 0) is 38.2 Å². The van der Waals surface area contributed by atoms with Crippen LogP contribution in [0.5, 0.6) is 0 Å². The Hall–Kier alpha value is -2.08. The highest BCUT2D eigenvalue weighted by Crippen LogP contribution is 2.28. The Bertz CT molecular complexity index is 636. The third-order valence-corrected chi connectivity index (χ3v) is 5.96. The number of hydrogen-bond donors (Lipinski definition) is 2. The van der Waals surface area contributed by atoms with Crippen LogP contribution in [0.2, 0.25) is 0 Å². The van der Waals surface area contributed by atoms with Gasteiger partial charge in [-0.1, -0.05) is 49.6 Å². The van der Waals surface area contributed by atoms with Gasteiger partial charge in [-0.25, -0.2) is 4.79 Å². The lowest BCUT2D eigenvalue weighted by molar-refractivity contribution is -0.140. The van der Waals surface area contributed by atoms with Crippen molar-refractivity contribution < 1.29 is 14.3 Å². The molecule has 0 spiro atoms. The quantitative estimate of drug-likeness (QED) is 0.815. The summed E-state index contributed by atoms with van der Waals surface area (Å²) in [4.78, 5) is 27.9. The van der Waals surface area contributed by atoms with Crippen molar-refractivity contribution in [3.63, 3.8) is 0 Å². The number of hydrogen-bond acceptors (Lipinski definition) is 4. The fourth-order valence-corrected chi connectivity index (χ4v) is 4.47. The van der Waals surface area contributed by atoms with Crippen LogP contribution < -0.4 is 10.6 Å². The zero-order chi connectivity index (χ0) is 19.9. The van der Waals surface area contributed by atoms with Crippen molar-refractivity contribution in [1.82, 2.24) is 15.5 Å². The molecule has 3 rings (SSSR count). The molecule has 6 nitrogen and oxygen atoms in total. The molecule has 1 saturated carbocycles. The standard InChI is InChI=1S/C22H33N3O3/c1-16-13-23-14-17(2)25(16)21(26)20(19-11-7-4-8-12-19)24-22(27)28-15-18-9-5-3-6-10-18/h3,5-6,9-10,16-17,19-20,23H,4,7-8,11-15H2,1-2H3,(H,24,27)/t16-,17+,20-/m1/s1. The Labute approximate surface area is 168 Å². The lowest BCUT2D eigenvalue weighted by Crippen LogP contribution is -2.62. The molecular formula is C22H33N3O3. The van der Waals surface area contributed by atoms with Gasteiger partial charge in [0.25, 0.3) is 0 Å². The van der Waals surface area contributed by atoms with Gasteiger partial charge in [-0.2, -0.15) is 0 Å². The molecule has 2 N–H and O–H groups in total. The average Bonchev–Trinajstić information content (AvgIpc) is 2.71. The van der Waals surface area contributed by atoms with E-state index in [1.165, 1.54) is 6.42 Å². The minimum atomic E-state index is -0.511. The number of carbonyl (C=O) groups is 2. The summed E-state index contributed by atoms with van der Waals surface area (Å²) >= 11 is 0. The lowest BCUT2D eigenvalue weighted by atomic mass is 9.83. The van der Waals surface area contributed by atoms with Gasteiger partial charge in [0.15, 0.2) is 0 Å². The first-order chi connectivity index (χ1) is 13.6. The second-order valence-corrected chi connectivity index (χ2v) is 8.18. The van der Waals surface area contributed by atoms with E-state index in [2.05, 4.69) is 24.5 Å². The Morgan fingerprint density at radius 2 is 1.75 bits per heavy atom. The van der Waals surface area contributed by atoms with Crippen molar-refractivity contribution in [1.29, 1.82) is 0 Å². The molecule has 1 aliphatic heterocycles. The maximum atomic E-state index is 13.5. The summed E-state index contributed by atoms with van der Waals surface area (Å²) in [5.41, 5.74) is 0.933. The number of benzene rings is 1. The van der Waals surface area contributed by atoms with Gasteiger partial charge in [-0.3, -0.25) is 4.79 Å². The minimum absolute atomic E-state index is 0.0325. The molecular weight excluding hydrogens is 354 g/mol. The molecule has 0 unspecified atom stereocenters. The predicted octanol–water partition coefficient (Wildman–Crippen LogP) is 3.07. The second-order valence-electron chi connectivity index (χ2n) is 8.18. The Balaban J connectivity index is 1.67. The number of ether oxygens (including phenoxy) is 1. The summed E-state index contributed by atoms with van der Waals surface area (Å²) in [6.45, 7) is 5.90. The van der Waals surface area contributed by atoms with Gasteiger partial charge >= 0.3 is 6.09 Å². The van der Waals surface area contributed by atoms with Crippen LogP contribution in [0.4, 0.5) is 4.79 Å². The van der Waals surface area contributed by atoms with Crippen molar-refractivity contribution in [2.24, 2.45) is 5.92 Å². The van der Waals surface area contributed by atoms with Gasteiger partial charge in [-0.15, -0.1) is 0 Å². The molecule has 2 aliphatic rings. The number of carbonyl (C=O) groups excluding carboxylic acids is 2. The topological polar surface area (TPSA) is 70.7 Å². The minimum Gasteiger partial charge on any atom is -0.445 e. The first-order valence-corrected chi connectivity index (χ1v) is 10.6. The molecule has 0 radical (unpaired) electrons. The summed E-state index contributed by atoms with van der Waals surface area (Å²) in [6, 6.07) is 9.32. The van der Waals surface area contributed by atoms with Crippen LogP contribution in [0.15, 0.2) is 30.3 Å². The van der Waals surface area contributed by atoms with Crippen LogP contribution in [-0.2, 0) is 16.1 Å². The van der Waals surface area contributed by atoms with E-state index in [4.69, 9.17) is 4.74 Å². The van der Waals surface area contributed by atoms with Crippen LogP contribution >= 0.6 is 0 Å². The van der Waals surface area contributed by atoms with E-state index in [0.29, 0.717) is 0 Å². The molecule has 1 heterocycles. The Morgan fingerprint density at radius 1 is 1.11 bits per heavy atom. The van der Waals surface area contributed by atoms with E-state index in [1.807, 2.05) is 35.2 Å². The monoisotopic (exact) mass is 387 g/mol. The number of nitrogens with zero attached hydrogens (tertiary/aromatic N) is 1. The van der Waals surface area contributed by atoms with Gasteiger partial charge in [0.2, 0.25) is 5.91 Å². The van der Waals surface area contributed by atoms with E-state index in [-0.39, 0.29) is 30.5 Å². The summed E-state index contributed by atoms with van der Waals surface area (Å²) < 4.78 is 5.41. The van der Waals surface area contributed by atoms with E-state index < -0.39 is 12.1 Å². The van der Waals surface area contributed by atoms with Crippen LogP contribution in [0.1, 0.15) is 51.5 Å². The molecule has 2 amide bonds. The van der Waals surface area contributed by atoms with Crippen LogP contribution in [0.3, 0.4) is 0 Å². The molecule has 6 heteroatoms. The van der Waals surface area contributed by atoms with Crippen LogP contribution in [-0.4, -0.2) is 48.1 Å². The van der Waals surface area contributed by atoms with Crippen LogP contribution in [0, 0.1) is 5.92 Å². The van der Waals surface area contributed by atoms with Gasteiger partial charge in [0.05, 0.1) is 0 Å². The Morgan fingerprint density at radius 3 is 2.39 bits per heavy atom. The van der Waals surface area contributed by atoms with Crippen molar-refractivity contribution in [3.8, 4) is 0 Å². The zero-order valence-corrected chi connectivity index (χ0v) is 17.0. The molecule has 154 valence electrons. The molecule has 3 atom stereocenters. The zero-order valence-electron chi connectivity index (χ0n) is 17.0. The van der Waals surface area contributed by atoms with Crippen molar-refractivity contribution in [2.45, 2.75) is 70.7 Å². The van der Waals surface area contributed by atoms with Crippen molar-refractivity contribution in [2.75, 3.05) is 13.1 Å². The molecule has 28 heavy (non-hydrogen) atoms. The highest BCUT2D eigenvalue weighted by atomic mass is 16.5. The van der Waals surface area contributed by atoms with Crippen molar-refractivity contribution >= 4 is 12.0 Å². The van der Waals surface area contributed by atoms with E-state index >= 15 is 0 Å². The first-order valence-electron chi connectivity index (χ1n) is 10.6. The summed E-state index contributed by atoms with van der Waals surface area (Å²) in [5.74, 6) is 0.213. The molecule has 2 fully saturated rings. The highest BCUT2D eigenvalue weighted by molar-refractivity contribution is 5.86. The van der Waals surface area contributed by atoms with Gasteiger partial charge < -0.3 is 20.3 Å². The molecule has 0 bridgehead atoms. The largest absolute Gasteiger partial charge is 0.445 e. The lowest BCUT2D eigenvalue weighted by Gasteiger charge is -2.43. The Kier molecular flexibility index (Phi) is 7.31. The SMILES string of the molecule is C[C@@H]1CNC[C@H](C)N1C(=O)[C@H](NC(=O)OCc1ccccc1)C1CCCCC1. The maximum absolute atomic E-state index is 13.5. The number of rotatable bonds is 5. The molecule has 1 saturated heterocycles. The van der Waals surface area contributed by atoms with Gasteiger partial charge in [0.1, 0.15) is 12.6 Å². The predicted molar refractivity (Wildman–Crippen MR) is 109 cm³/mol. The smallest absolute Gasteiger partial charge is 0.408 e. The molecule has 1 aromatic carbocycles. The van der Waals surface area contributed by atoms with E-state index in [1.54, 1.807) is 0 Å². The second kappa shape index (κ2) is 9.92. The first kappa shape index (κ1) is 20.6. The third kappa shape index (κ3) is 5.25. The summed E-state index contributed by atoms with van der Waals surface area (Å²) in [5, 5.41) is 6.28. The average molecular weight is 388 g/mol. The maximum Gasteiger partial charge on any atom is 0.408 e. The normalized spacial score (nSPS) is 24.4. The van der Waals surface area contributed by atoms with Gasteiger partial charge in [0, 0.05) is 25.2 Å². The third-order valence-electron chi connectivity index (χ3n) is 5.96. The molecule has 0 aromatic heterocycles. The highest BCUT2D eigenvalue weighted by Gasteiger charge is 2.38. The molecule has 1 aliphatic carbocycles. The fraction of sp³-hybridized carbons (Fsp3) is 0.636.